The zero-order valence-corrected chi connectivity index (χ0v) is 72.8. The van der Waals surface area contributed by atoms with Gasteiger partial charge in [0.05, 0.1) is 56.1 Å². The molecule has 3 saturated carbocycles. The van der Waals surface area contributed by atoms with E-state index in [1.54, 1.807) is 42.5 Å². The Hall–Kier alpha value is -4.25. The predicted molar refractivity (Wildman–Crippen MR) is 416 cm³/mol. The average Bonchev–Trinajstić information content (AvgIpc) is 1.62. The molecule has 4 aromatic carbocycles. The number of hydrogen-bond donors (Lipinski definition) is 1. The Labute approximate surface area is 638 Å². The molecule has 4 aromatic rings. The van der Waals surface area contributed by atoms with Crippen molar-refractivity contribution in [3.8, 4) is 23.0 Å². The number of aliphatic hydroxyl groups is 1. The summed E-state index contributed by atoms with van der Waals surface area (Å²) >= 11 is 0. The fourth-order valence-corrected chi connectivity index (χ4v) is 15.9. The Balaban J connectivity index is 0.000000256. The molecule has 3 aliphatic carbocycles. The van der Waals surface area contributed by atoms with Gasteiger partial charge in [-0.2, -0.15) is 43.5 Å². The van der Waals surface area contributed by atoms with Crippen molar-refractivity contribution < 1.29 is 104 Å². The SMILES string of the molecule is CC(C)(C)[Si](C)(C)OCc1cc(C2CCC(=O)C2)ccc1OC(F)F.CC(C)(C)[Si](C)(C)OCc1cc(C2CCC(O)C2)ccc1OC(F)F.CC(C)(C)[Si](C)(C)OCc1cc(C2CCC(OS(C)(=O)=O)C2)ccc1OC(F)F.CC1(C)OB(c2ccc(OC(F)F)c(CO[Si](C)(C)C(C)(C)C)c2)OC1(C)C. The molecule has 0 bridgehead atoms. The van der Waals surface area contributed by atoms with Gasteiger partial charge in [0.25, 0.3) is 10.1 Å². The predicted octanol–water partition coefficient (Wildman–Crippen LogP) is 21.6. The lowest BCUT2D eigenvalue weighted by Gasteiger charge is -2.36. The average molecular weight is 1610 g/mol. The summed E-state index contributed by atoms with van der Waals surface area (Å²) in [5, 5.41) is 9.85. The van der Waals surface area contributed by atoms with Crippen molar-refractivity contribution in [1.82, 2.24) is 0 Å². The smallest absolute Gasteiger partial charge is 0.434 e. The number of aliphatic hydroxyl groups excluding tert-OH is 1. The normalized spacial score (nSPS) is 20.3. The first-order valence-electron chi connectivity index (χ1n) is 37.0. The van der Waals surface area contributed by atoms with Crippen LogP contribution in [0.4, 0.5) is 35.1 Å². The Bertz CT molecular complexity index is 3640. The monoisotopic (exact) mass is 1610 g/mol. The number of alkyl halides is 8. The number of ether oxygens (including phenoxy) is 4. The quantitative estimate of drug-likeness (QED) is 0.0357. The highest BCUT2D eigenvalue weighted by atomic mass is 32.2. The zero-order chi connectivity index (χ0) is 81.2. The summed E-state index contributed by atoms with van der Waals surface area (Å²) < 4.78 is 186. The third-order valence-electron chi connectivity index (χ3n) is 23.1. The highest BCUT2D eigenvalue weighted by molar-refractivity contribution is 7.86. The molecule has 15 nitrogen and oxygen atoms in total. The van der Waals surface area contributed by atoms with Crippen molar-refractivity contribution in [1.29, 1.82) is 0 Å². The minimum Gasteiger partial charge on any atom is -0.434 e. The van der Waals surface area contributed by atoms with Gasteiger partial charge in [-0.3, -0.25) is 8.98 Å². The molecule has 0 spiro atoms. The van der Waals surface area contributed by atoms with Gasteiger partial charge in [-0.05, 0) is 228 Å². The van der Waals surface area contributed by atoms with Crippen LogP contribution in [0.25, 0.3) is 0 Å². The number of halogens is 8. The van der Waals surface area contributed by atoms with Crippen LogP contribution in [0.5, 0.6) is 23.0 Å². The molecule has 1 saturated heterocycles. The highest BCUT2D eigenvalue weighted by Gasteiger charge is 2.52. The Morgan fingerprint density at radius 3 is 1.07 bits per heavy atom. The van der Waals surface area contributed by atoms with E-state index in [-0.39, 0.29) is 105 Å². The van der Waals surface area contributed by atoms with Crippen LogP contribution in [0.15, 0.2) is 72.8 Å². The lowest BCUT2D eigenvalue weighted by Crippen LogP contribution is -2.41. The van der Waals surface area contributed by atoms with Crippen molar-refractivity contribution in [3.63, 3.8) is 0 Å². The van der Waals surface area contributed by atoms with Crippen molar-refractivity contribution in [2.45, 2.75) is 335 Å². The summed E-state index contributed by atoms with van der Waals surface area (Å²) in [5.74, 6) is 1.36. The molecule has 5 unspecified atom stereocenters. The van der Waals surface area contributed by atoms with E-state index in [0.717, 1.165) is 60.5 Å². The van der Waals surface area contributed by atoms with Gasteiger partial charge in [0.15, 0.2) is 33.3 Å². The Kier molecular flexibility index (Phi) is 32.4. The summed E-state index contributed by atoms with van der Waals surface area (Å²) in [6.07, 6.45) is 6.78. The highest BCUT2D eigenvalue weighted by Crippen LogP contribution is 2.46. The van der Waals surface area contributed by atoms with Crippen LogP contribution < -0.4 is 24.4 Å². The van der Waals surface area contributed by atoms with E-state index < -0.39 is 88.2 Å². The van der Waals surface area contributed by atoms with Crippen LogP contribution in [0.3, 0.4) is 0 Å². The second kappa shape index (κ2) is 37.1. The summed E-state index contributed by atoms with van der Waals surface area (Å²) in [5.41, 5.74) is 5.26. The third kappa shape index (κ3) is 27.8. The number of carbonyl (C=O) groups excluding carboxylic acids is 1. The molecule has 5 atom stereocenters. The van der Waals surface area contributed by atoms with Gasteiger partial charge in [0, 0.05) is 35.1 Å². The topological polar surface area (TPSA) is 173 Å². The molecule has 4 aliphatic rings. The number of benzene rings is 4. The lowest BCUT2D eigenvalue weighted by molar-refractivity contribution is -0.117. The van der Waals surface area contributed by atoms with Gasteiger partial charge in [-0.15, -0.1) is 0 Å². The second-order valence-corrected chi connectivity index (χ2v) is 56.7. The summed E-state index contributed by atoms with van der Waals surface area (Å²) in [4.78, 5) is 11.5. The molecule has 1 aliphatic heterocycles. The number of rotatable bonds is 26. The molecule has 0 radical (unpaired) electrons. The van der Waals surface area contributed by atoms with Gasteiger partial charge >= 0.3 is 33.6 Å². The summed E-state index contributed by atoms with van der Waals surface area (Å²) in [7, 11) is -12.2. The maximum Gasteiger partial charge on any atom is 0.494 e. The maximum atomic E-state index is 12.9. The van der Waals surface area contributed by atoms with E-state index in [2.05, 4.69) is 145 Å². The van der Waals surface area contributed by atoms with E-state index >= 15 is 0 Å². The first-order valence-corrected chi connectivity index (χ1v) is 50.5. The van der Waals surface area contributed by atoms with E-state index in [0.29, 0.717) is 47.9 Å². The molecular formula is C78H123BF8O15SSi4. The Morgan fingerprint density at radius 2 is 0.776 bits per heavy atom. The molecule has 4 fully saturated rings. The van der Waals surface area contributed by atoms with Gasteiger partial charge in [-0.1, -0.05) is 113 Å². The van der Waals surface area contributed by atoms with Crippen LogP contribution in [-0.2, 0) is 72.5 Å². The minimum absolute atomic E-state index is 0.00397. The van der Waals surface area contributed by atoms with Crippen molar-refractivity contribution >= 4 is 61.8 Å². The number of hydrogen-bond acceptors (Lipinski definition) is 15. The largest absolute Gasteiger partial charge is 0.494 e. The van der Waals surface area contributed by atoms with Crippen LogP contribution in [0.2, 0.25) is 72.5 Å². The summed E-state index contributed by atoms with van der Waals surface area (Å²) in [6, 6.07) is 20.8. The van der Waals surface area contributed by atoms with Crippen molar-refractivity contribution in [2.75, 3.05) is 6.26 Å². The summed E-state index contributed by atoms with van der Waals surface area (Å²) in [6.45, 7) is 39.9. The van der Waals surface area contributed by atoms with Gasteiger partial charge in [0.2, 0.25) is 0 Å². The van der Waals surface area contributed by atoms with E-state index in [9.17, 15) is 53.4 Å². The van der Waals surface area contributed by atoms with Crippen LogP contribution >= 0.6 is 0 Å². The molecule has 606 valence electrons. The molecule has 1 heterocycles. The standard InChI is InChI=1S/C20H33BF2O4Si.C20H32F2O5SSi.C19H30F2O3Si.C19H28F2O3Si/c1-18(2,3)28(8,9)24-13-14-12-15(10-11-16(14)25-17(22)23)21-26-19(4,5)20(6,7)27-21;1-20(2,3)29(5,6)25-13-16-11-14(8-10-18(16)26-19(21)22)15-7-9-17(12-15)27-28(4,23)24;2*1-19(2,3)25(4,5)23-12-15-10-13(14-6-8-16(22)11-14)7-9-17(15)24-18(20)21/h10-12,17H,13H2,1-9H3;8,10-11,15,17,19H,7,9,12-13H2,1-6H3;7,9-10,14,16,18,22H,6,8,11-12H2,1-5H3;7,9-10,14,18H,6,8,11-12H2,1-5H3. The lowest BCUT2D eigenvalue weighted by atomic mass is 9.78. The first kappa shape index (κ1) is 93.4. The minimum atomic E-state index is -3.50. The van der Waals surface area contributed by atoms with Crippen LogP contribution in [0.1, 0.15) is 225 Å². The molecule has 8 rings (SSSR count). The molecule has 29 heteroatoms. The van der Waals surface area contributed by atoms with Crippen molar-refractivity contribution in [2.24, 2.45) is 0 Å². The second-order valence-electron chi connectivity index (χ2n) is 35.8. The van der Waals surface area contributed by atoms with E-state index in [1.165, 1.54) is 6.07 Å². The molecular weight excluding hydrogens is 1480 g/mol. The Morgan fingerprint density at radius 1 is 0.467 bits per heavy atom. The third-order valence-corrected chi connectivity index (χ3v) is 41.6. The molecule has 0 amide bonds. The van der Waals surface area contributed by atoms with E-state index in [1.807, 2.05) is 52.0 Å². The van der Waals surface area contributed by atoms with Crippen LogP contribution in [-0.4, -0.2) is 116 Å². The molecule has 107 heavy (non-hydrogen) atoms. The molecule has 0 aromatic heterocycles. The number of Topliss-reactive ketones (excluding diaryl/α,β-unsaturated/α-hetero) is 1. The fraction of sp³-hybridized carbons (Fsp3) is 0.679. The maximum absolute atomic E-state index is 12.9. The van der Waals surface area contributed by atoms with Crippen molar-refractivity contribution in [3.05, 3.63) is 112 Å². The number of ketones is 1. The fourth-order valence-electron chi connectivity index (χ4n) is 11.4. The van der Waals surface area contributed by atoms with Gasteiger partial charge < -0.3 is 51.1 Å². The molecule has 1 N–H and O–H groups in total. The van der Waals surface area contributed by atoms with Gasteiger partial charge in [0.1, 0.15) is 28.8 Å². The first-order chi connectivity index (χ1) is 48.7. The van der Waals surface area contributed by atoms with Gasteiger partial charge in [-0.25, -0.2) is 0 Å². The van der Waals surface area contributed by atoms with E-state index in [4.69, 9.17) is 40.7 Å². The number of carbonyl (C=O) groups is 1. The zero-order valence-electron chi connectivity index (χ0n) is 68.0. The van der Waals surface area contributed by atoms with Crippen LogP contribution in [0, 0.1) is 0 Å².